The number of benzene rings is 2. The van der Waals surface area contributed by atoms with Crippen LogP contribution < -0.4 is 11.9 Å². The SMILES string of the molecule is CCCC.N.NCCc1ccccc1.O=C1OC(=O)c2ccccc21. The van der Waals surface area contributed by atoms with Crippen LogP contribution >= 0.6 is 0 Å². The number of hydrogen-bond acceptors (Lipinski definition) is 5. The third-order valence-corrected chi connectivity index (χ3v) is 3.33. The monoisotopic (exact) mass is 344 g/mol. The van der Waals surface area contributed by atoms with Crippen LogP contribution in [0.4, 0.5) is 0 Å². The molecule has 5 nitrogen and oxygen atoms in total. The van der Waals surface area contributed by atoms with Gasteiger partial charge in [0, 0.05) is 0 Å². The molecule has 3 rings (SSSR count). The van der Waals surface area contributed by atoms with Crippen molar-refractivity contribution in [2.75, 3.05) is 6.54 Å². The van der Waals surface area contributed by atoms with Gasteiger partial charge in [-0.1, -0.05) is 69.2 Å². The maximum atomic E-state index is 10.8. The van der Waals surface area contributed by atoms with Crippen molar-refractivity contribution in [3.8, 4) is 0 Å². The molecule has 1 aliphatic heterocycles. The second-order valence-electron chi connectivity index (χ2n) is 5.25. The van der Waals surface area contributed by atoms with Gasteiger partial charge in [0.1, 0.15) is 0 Å². The van der Waals surface area contributed by atoms with Crippen molar-refractivity contribution in [3.05, 3.63) is 71.3 Å². The zero-order valence-electron chi connectivity index (χ0n) is 15.0. The molecular formula is C20H28N2O3. The summed E-state index contributed by atoms with van der Waals surface area (Å²) in [6.45, 7) is 5.10. The molecule has 0 radical (unpaired) electrons. The lowest BCUT2D eigenvalue weighted by Gasteiger charge is -1.93. The fourth-order valence-corrected chi connectivity index (χ4v) is 1.84. The Hall–Kier alpha value is -2.50. The standard InChI is InChI=1S/C8H11N.C8H4O3.C4H10.H3N/c9-7-6-8-4-2-1-3-5-8;9-7-5-3-1-2-4-6(5)8(10)11-7;1-3-4-2;/h1-5H,6-7,9H2;1-4H;3-4H2,1-2H3;1H3. The van der Waals surface area contributed by atoms with Gasteiger partial charge in [-0.15, -0.1) is 0 Å². The third kappa shape index (κ3) is 7.74. The van der Waals surface area contributed by atoms with Crippen molar-refractivity contribution < 1.29 is 14.3 Å². The Morgan fingerprint density at radius 1 is 0.800 bits per heavy atom. The number of unbranched alkanes of at least 4 members (excludes halogenated alkanes) is 1. The highest BCUT2D eigenvalue weighted by Gasteiger charge is 2.28. The maximum absolute atomic E-state index is 10.8. The number of rotatable bonds is 3. The molecule has 0 amide bonds. The van der Waals surface area contributed by atoms with Crippen LogP contribution in [0.5, 0.6) is 0 Å². The number of fused-ring (bicyclic) bond motifs is 1. The van der Waals surface area contributed by atoms with Gasteiger partial charge in [0.15, 0.2) is 0 Å². The molecule has 0 fully saturated rings. The minimum Gasteiger partial charge on any atom is -0.386 e. The van der Waals surface area contributed by atoms with Crippen LogP contribution in [0.1, 0.15) is 53.0 Å². The van der Waals surface area contributed by atoms with Crippen molar-refractivity contribution >= 4 is 11.9 Å². The van der Waals surface area contributed by atoms with E-state index in [1.165, 1.54) is 18.4 Å². The van der Waals surface area contributed by atoms with Gasteiger partial charge in [0.05, 0.1) is 11.1 Å². The molecule has 1 aliphatic rings. The average Bonchev–Trinajstić information content (AvgIpc) is 2.92. The highest BCUT2D eigenvalue weighted by atomic mass is 16.6. The van der Waals surface area contributed by atoms with E-state index in [2.05, 4.69) is 30.7 Å². The number of nitrogens with two attached hydrogens (primary N) is 1. The summed E-state index contributed by atoms with van der Waals surface area (Å²) in [5.41, 5.74) is 7.40. The number of ether oxygens (including phenoxy) is 1. The van der Waals surface area contributed by atoms with E-state index in [1.807, 2.05) is 18.2 Å². The van der Waals surface area contributed by atoms with Crippen molar-refractivity contribution in [1.29, 1.82) is 0 Å². The predicted octanol–water partition coefficient (Wildman–Crippen LogP) is 4.15. The van der Waals surface area contributed by atoms with E-state index in [0.29, 0.717) is 11.1 Å². The van der Waals surface area contributed by atoms with Gasteiger partial charge in [0.25, 0.3) is 0 Å². The lowest BCUT2D eigenvalue weighted by molar-refractivity contribution is 0.0444. The molecular weight excluding hydrogens is 316 g/mol. The Morgan fingerprint density at radius 3 is 1.64 bits per heavy atom. The molecule has 136 valence electrons. The van der Waals surface area contributed by atoms with Gasteiger partial charge in [-0.3, -0.25) is 0 Å². The normalized spacial score (nSPS) is 11.0. The summed E-state index contributed by atoms with van der Waals surface area (Å²) in [5.74, 6) is -1.10. The minimum absolute atomic E-state index is 0. The maximum Gasteiger partial charge on any atom is 0.346 e. The number of hydrogen-bond donors (Lipinski definition) is 2. The summed E-state index contributed by atoms with van der Waals surface area (Å²) in [6.07, 6.45) is 3.63. The molecule has 0 bridgehead atoms. The molecule has 25 heavy (non-hydrogen) atoms. The summed E-state index contributed by atoms with van der Waals surface area (Å²) in [7, 11) is 0. The first-order chi connectivity index (χ1) is 11.6. The summed E-state index contributed by atoms with van der Waals surface area (Å²) >= 11 is 0. The first-order valence-electron chi connectivity index (χ1n) is 8.23. The van der Waals surface area contributed by atoms with Crippen LogP contribution in [0, 0.1) is 0 Å². The summed E-state index contributed by atoms with van der Waals surface area (Å²) in [5, 5.41) is 0. The highest BCUT2D eigenvalue weighted by Crippen LogP contribution is 2.18. The molecule has 0 aromatic heterocycles. The first kappa shape index (κ1) is 22.5. The lowest BCUT2D eigenvalue weighted by Crippen LogP contribution is -2.01. The first-order valence-corrected chi connectivity index (χ1v) is 8.23. The topological polar surface area (TPSA) is 104 Å². The third-order valence-electron chi connectivity index (χ3n) is 3.33. The quantitative estimate of drug-likeness (QED) is 0.643. The Bertz CT molecular complexity index is 607. The zero-order chi connectivity index (χ0) is 17.8. The van der Waals surface area contributed by atoms with Gasteiger partial charge in [-0.05, 0) is 30.7 Å². The smallest absolute Gasteiger partial charge is 0.346 e. The minimum atomic E-state index is -0.550. The lowest BCUT2D eigenvalue weighted by atomic mass is 10.1. The summed E-state index contributed by atoms with van der Waals surface area (Å²) in [6, 6.07) is 16.8. The van der Waals surface area contributed by atoms with E-state index in [1.54, 1.807) is 24.3 Å². The molecule has 0 spiro atoms. The van der Waals surface area contributed by atoms with Crippen molar-refractivity contribution in [3.63, 3.8) is 0 Å². The van der Waals surface area contributed by atoms with Crippen LogP contribution in [0.3, 0.4) is 0 Å². The molecule has 5 heteroatoms. The molecule has 5 N–H and O–H groups in total. The second kappa shape index (κ2) is 12.9. The Labute approximate surface area is 149 Å². The predicted molar refractivity (Wildman–Crippen MR) is 101 cm³/mol. The zero-order valence-corrected chi connectivity index (χ0v) is 15.0. The van der Waals surface area contributed by atoms with Crippen molar-refractivity contribution in [2.24, 2.45) is 5.73 Å². The van der Waals surface area contributed by atoms with Crippen LogP contribution in [0.25, 0.3) is 0 Å². The van der Waals surface area contributed by atoms with Gasteiger partial charge in [-0.25, -0.2) is 9.59 Å². The Morgan fingerprint density at radius 2 is 1.24 bits per heavy atom. The number of carbonyl (C=O) groups excluding carboxylic acids is 2. The Kier molecular flexibility index (Phi) is 11.6. The number of cyclic esters (lactones) is 2. The van der Waals surface area contributed by atoms with E-state index in [0.717, 1.165) is 13.0 Å². The fourth-order valence-electron chi connectivity index (χ4n) is 1.84. The van der Waals surface area contributed by atoms with Gasteiger partial charge < -0.3 is 16.6 Å². The summed E-state index contributed by atoms with van der Waals surface area (Å²) < 4.78 is 4.35. The largest absolute Gasteiger partial charge is 0.386 e. The van der Waals surface area contributed by atoms with Crippen molar-refractivity contribution in [1.82, 2.24) is 6.15 Å². The highest BCUT2D eigenvalue weighted by molar-refractivity contribution is 6.14. The molecule has 2 aromatic carbocycles. The van der Waals surface area contributed by atoms with E-state index >= 15 is 0 Å². The number of carbonyl (C=O) groups is 2. The van der Waals surface area contributed by atoms with Crippen LogP contribution in [-0.4, -0.2) is 18.5 Å². The van der Waals surface area contributed by atoms with E-state index in [-0.39, 0.29) is 6.15 Å². The van der Waals surface area contributed by atoms with E-state index in [9.17, 15) is 9.59 Å². The second-order valence-corrected chi connectivity index (χ2v) is 5.25. The van der Waals surface area contributed by atoms with Crippen LogP contribution in [0.15, 0.2) is 54.6 Å². The molecule has 2 aromatic rings. The van der Waals surface area contributed by atoms with E-state index in [4.69, 9.17) is 5.73 Å². The fraction of sp³-hybridized carbons (Fsp3) is 0.300. The molecule has 0 saturated heterocycles. The van der Waals surface area contributed by atoms with Crippen molar-refractivity contribution in [2.45, 2.75) is 33.1 Å². The molecule has 0 atom stereocenters. The van der Waals surface area contributed by atoms with Gasteiger partial charge >= 0.3 is 11.9 Å². The van der Waals surface area contributed by atoms with Gasteiger partial charge in [-0.2, -0.15) is 0 Å². The van der Waals surface area contributed by atoms with Gasteiger partial charge in [0.2, 0.25) is 0 Å². The van der Waals surface area contributed by atoms with Crippen LogP contribution in [0.2, 0.25) is 0 Å². The molecule has 0 unspecified atom stereocenters. The molecule has 0 aliphatic carbocycles. The Balaban J connectivity index is 0.000000375. The molecule has 0 saturated carbocycles. The number of esters is 2. The van der Waals surface area contributed by atoms with Crippen LogP contribution in [-0.2, 0) is 11.2 Å². The van der Waals surface area contributed by atoms with E-state index < -0.39 is 11.9 Å². The summed E-state index contributed by atoms with van der Waals surface area (Å²) in [4.78, 5) is 21.7. The molecule has 1 heterocycles. The average molecular weight is 344 g/mol.